The number of amides is 1. The van der Waals surface area contributed by atoms with E-state index < -0.39 is 24.0 Å². The fraction of sp³-hybridized carbons (Fsp3) is 0.208. The summed E-state index contributed by atoms with van der Waals surface area (Å²) in [7, 11) is 0. The Bertz CT molecular complexity index is 1390. The average molecular weight is 515 g/mol. The second-order valence-corrected chi connectivity index (χ2v) is 8.62. The highest BCUT2D eigenvalue weighted by molar-refractivity contribution is 6.33. The molecule has 2 aromatic heterocycles. The zero-order valence-corrected chi connectivity index (χ0v) is 19.9. The Kier molecular flexibility index (Phi) is 7.25. The molecule has 0 saturated carbocycles. The van der Waals surface area contributed by atoms with Crippen LogP contribution in [0.25, 0.3) is 22.5 Å². The highest BCUT2D eigenvalue weighted by atomic mass is 35.5. The van der Waals surface area contributed by atoms with Gasteiger partial charge in [0, 0.05) is 23.6 Å². The summed E-state index contributed by atoms with van der Waals surface area (Å²) in [6, 6.07) is 12.0. The number of primary amides is 1. The summed E-state index contributed by atoms with van der Waals surface area (Å²) in [6.07, 6.45) is -0.796. The molecule has 0 bridgehead atoms. The summed E-state index contributed by atoms with van der Waals surface area (Å²) in [5.41, 5.74) is 14.2. The van der Waals surface area contributed by atoms with Gasteiger partial charge >= 0.3 is 0 Å². The van der Waals surface area contributed by atoms with Crippen LogP contribution in [-0.2, 0) is 6.42 Å². The van der Waals surface area contributed by atoms with Crippen LogP contribution >= 0.6 is 11.6 Å². The standard InChI is InChI=1S/C24H24ClFN6O4/c1-12(11-33)32-23(27)21(24(28)35)22(30-32)14-4-2-13(3-5-14)8-19(34)29-20-10-18(31-36-20)16-7-6-15(26)9-17(16)25/h2-7,9-10,12,19,29,33-34H,8,11,27H2,1H3,(H2,28,35). The van der Waals surface area contributed by atoms with Gasteiger partial charge in [-0.15, -0.1) is 0 Å². The lowest BCUT2D eigenvalue weighted by Crippen LogP contribution is -2.21. The van der Waals surface area contributed by atoms with Gasteiger partial charge in [0.15, 0.2) is 0 Å². The number of aromatic nitrogens is 3. The average Bonchev–Trinajstić information content (AvgIpc) is 3.43. The maximum Gasteiger partial charge on any atom is 0.254 e. The molecule has 0 spiro atoms. The van der Waals surface area contributed by atoms with E-state index in [1.807, 2.05) is 0 Å². The third kappa shape index (κ3) is 5.18. The molecule has 4 aromatic rings. The molecular weight excluding hydrogens is 491 g/mol. The molecule has 4 rings (SSSR count). The van der Waals surface area contributed by atoms with E-state index in [9.17, 15) is 19.4 Å². The number of nitrogens with one attached hydrogen (secondary N) is 1. The molecule has 0 radical (unpaired) electrons. The van der Waals surface area contributed by atoms with Gasteiger partial charge in [-0.2, -0.15) is 5.10 Å². The van der Waals surface area contributed by atoms with Crippen molar-refractivity contribution in [1.29, 1.82) is 0 Å². The molecule has 1 amide bonds. The molecule has 0 aliphatic rings. The molecular formula is C24H24ClFN6O4. The van der Waals surface area contributed by atoms with Crippen LogP contribution in [0, 0.1) is 5.82 Å². The molecule has 0 aliphatic heterocycles. The number of aliphatic hydroxyl groups is 2. The number of aliphatic hydroxyl groups excluding tert-OH is 2. The van der Waals surface area contributed by atoms with Crippen molar-refractivity contribution >= 4 is 29.2 Å². The van der Waals surface area contributed by atoms with E-state index in [4.69, 9.17) is 27.6 Å². The Morgan fingerprint density at radius 3 is 2.61 bits per heavy atom. The molecule has 188 valence electrons. The van der Waals surface area contributed by atoms with E-state index in [0.717, 1.165) is 5.56 Å². The number of nitrogens with two attached hydrogens (primary N) is 2. The van der Waals surface area contributed by atoms with Crippen molar-refractivity contribution in [1.82, 2.24) is 14.9 Å². The van der Waals surface area contributed by atoms with Crippen LogP contribution in [0.15, 0.2) is 53.1 Å². The third-order valence-electron chi connectivity index (χ3n) is 5.56. The number of nitrogens with zero attached hydrogens (tertiary/aromatic N) is 3. The number of carbonyl (C=O) groups excluding carboxylic acids is 1. The first-order chi connectivity index (χ1) is 17.2. The van der Waals surface area contributed by atoms with Crippen LogP contribution < -0.4 is 16.8 Å². The fourth-order valence-corrected chi connectivity index (χ4v) is 3.97. The largest absolute Gasteiger partial charge is 0.394 e. The number of carbonyl (C=O) groups is 1. The maximum atomic E-state index is 13.3. The van der Waals surface area contributed by atoms with Crippen molar-refractivity contribution in [2.45, 2.75) is 25.6 Å². The van der Waals surface area contributed by atoms with Gasteiger partial charge in [-0.25, -0.2) is 9.07 Å². The SMILES string of the molecule is CC(CO)n1nc(-c2ccc(CC(O)Nc3cc(-c4ccc(F)cc4Cl)no3)cc2)c(C(N)=O)c1N. The lowest BCUT2D eigenvalue weighted by molar-refractivity contribution is 0.100. The van der Waals surface area contributed by atoms with Crippen molar-refractivity contribution in [3.8, 4) is 22.5 Å². The van der Waals surface area contributed by atoms with E-state index >= 15 is 0 Å². The maximum absolute atomic E-state index is 13.3. The van der Waals surface area contributed by atoms with Crippen LogP contribution in [0.4, 0.5) is 16.1 Å². The van der Waals surface area contributed by atoms with Gasteiger partial charge in [0.1, 0.15) is 34.8 Å². The topological polar surface area (TPSA) is 165 Å². The van der Waals surface area contributed by atoms with E-state index in [1.165, 1.54) is 22.9 Å². The number of rotatable bonds is 9. The van der Waals surface area contributed by atoms with E-state index in [-0.39, 0.29) is 35.3 Å². The minimum absolute atomic E-state index is 0.0760. The van der Waals surface area contributed by atoms with Crippen LogP contribution in [0.2, 0.25) is 5.02 Å². The lowest BCUT2D eigenvalue weighted by atomic mass is 10.0. The van der Waals surface area contributed by atoms with Gasteiger partial charge in [0.2, 0.25) is 5.88 Å². The molecule has 0 aliphatic carbocycles. The van der Waals surface area contributed by atoms with Gasteiger partial charge in [-0.1, -0.05) is 41.0 Å². The van der Waals surface area contributed by atoms with E-state index in [0.29, 0.717) is 22.5 Å². The lowest BCUT2D eigenvalue weighted by Gasteiger charge is -2.11. The Morgan fingerprint density at radius 2 is 1.97 bits per heavy atom. The van der Waals surface area contributed by atoms with E-state index in [2.05, 4.69) is 15.6 Å². The smallest absolute Gasteiger partial charge is 0.254 e. The Balaban J connectivity index is 1.46. The first-order valence-electron chi connectivity index (χ1n) is 10.9. The predicted octanol–water partition coefficient (Wildman–Crippen LogP) is 3.21. The second kappa shape index (κ2) is 10.4. The second-order valence-electron chi connectivity index (χ2n) is 8.21. The van der Waals surface area contributed by atoms with Crippen molar-refractivity contribution in [3.05, 3.63) is 70.5 Å². The summed E-state index contributed by atoms with van der Waals surface area (Å²) in [5, 5.41) is 31.2. The summed E-state index contributed by atoms with van der Waals surface area (Å²) >= 11 is 6.06. The van der Waals surface area contributed by atoms with Crippen LogP contribution in [0.3, 0.4) is 0 Å². The number of benzene rings is 2. The molecule has 7 N–H and O–H groups in total. The fourth-order valence-electron chi connectivity index (χ4n) is 3.71. The van der Waals surface area contributed by atoms with Crippen LogP contribution in [0.1, 0.15) is 28.9 Å². The normalized spacial score (nSPS) is 12.9. The van der Waals surface area contributed by atoms with Gasteiger partial charge in [0.25, 0.3) is 5.91 Å². The first kappa shape index (κ1) is 25.2. The van der Waals surface area contributed by atoms with E-state index in [1.54, 1.807) is 37.3 Å². The van der Waals surface area contributed by atoms with Crippen molar-refractivity contribution < 1.29 is 23.9 Å². The molecule has 2 aromatic carbocycles. The quantitative estimate of drug-likeness (QED) is 0.212. The third-order valence-corrected chi connectivity index (χ3v) is 5.87. The number of hydrogen-bond donors (Lipinski definition) is 5. The Morgan fingerprint density at radius 1 is 1.25 bits per heavy atom. The number of hydrogen-bond acceptors (Lipinski definition) is 8. The highest BCUT2D eigenvalue weighted by Crippen LogP contribution is 2.31. The van der Waals surface area contributed by atoms with Crippen LogP contribution in [-0.4, -0.2) is 43.9 Å². The Hall–Kier alpha value is -3.93. The minimum atomic E-state index is -1.01. The number of halogens is 2. The zero-order chi connectivity index (χ0) is 26.0. The molecule has 2 heterocycles. The molecule has 2 atom stereocenters. The molecule has 0 saturated heterocycles. The molecule has 12 heteroatoms. The Labute approximate surface area is 210 Å². The molecule has 2 unspecified atom stereocenters. The highest BCUT2D eigenvalue weighted by Gasteiger charge is 2.23. The minimum Gasteiger partial charge on any atom is -0.394 e. The van der Waals surface area contributed by atoms with Gasteiger partial charge in [-0.05, 0) is 30.7 Å². The van der Waals surface area contributed by atoms with Gasteiger partial charge in [0.05, 0.1) is 17.7 Å². The molecule has 0 fully saturated rings. The zero-order valence-electron chi connectivity index (χ0n) is 19.2. The predicted molar refractivity (Wildman–Crippen MR) is 133 cm³/mol. The molecule has 10 nitrogen and oxygen atoms in total. The number of anilines is 2. The van der Waals surface area contributed by atoms with Gasteiger partial charge < -0.3 is 31.5 Å². The molecule has 36 heavy (non-hydrogen) atoms. The number of nitrogen functional groups attached to an aromatic ring is 1. The van der Waals surface area contributed by atoms with Crippen LogP contribution in [0.5, 0.6) is 0 Å². The van der Waals surface area contributed by atoms with Crippen molar-refractivity contribution in [3.63, 3.8) is 0 Å². The van der Waals surface area contributed by atoms with Crippen molar-refractivity contribution in [2.75, 3.05) is 17.7 Å². The summed E-state index contributed by atoms with van der Waals surface area (Å²) in [4.78, 5) is 12.0. The summed E-state index contributed by atoms with van der Waals surface area (Å²) in [5.74, 6) is -0.902. The first-order valence-corrected chi connectivity index (χ1v) is 11.3. The monoisotopic (exact) mass is 514 g/mol. The van der Waals surface area contributed by atoms with Crippen molar-refractivity contribution in [2.24, 2.45) is 5.73 Å². The van der Waals surface area contributed by atoms with Gasteiger partial charge in [-0.3, -0.25) is 4.79 Å². The summed E-state index contributed by atoms with van der Waals surface area (Å²) < 4.78 is 19.8. The summed E-state index contributed by atoms with van der Waals surface area (Å²) in [6.45, 7) is 1.50.